The SMILES string of the molecule is CCOc1cccc(NCC(N)=O)c1. The molecule has 0 saturated carbocycles. The quantitative estimate of drug-likeness (QED) is 0.734. The van der Waals surface area contributed by atoms with Crippen molar-refractivity contribution in [2.45, 2.75) is 6.92 Å². The highest BCUT2D eigenvalue weighted by molar-refractivity contribution is 5.78. The molecule has 0 bridgehead atoms. The number of nitrogens with two attached hydrogens (primary N) is 1. The minimum Gasteiger partial charge on any atom is -0.494 e. The van der Waals surface area contributed by atoms with Gasteiger partial charge in [0.2, 0.25) is 5.91 Å². The summed E-state index contributed by atoms with van der Waals surface area (Å²) in [4.78, 5) is 10.5. The molecule has 0 atom stereocenters. The maximum absolute atomic E-state index is 10.5. The van der Waals surface area contributed by atoms with Gasteiger partial charge >= 0.3 is 0 Å². The molecule has 14 heavy (non-hydrogen) atoms. The second-order valence-corrected chi connectivity index (χ2v) is 2.78. The first-order chi connectivity index (χ1) is 6.72. The molecule has 0 aliphatic carbocycles. The molecule has 1 aromatic rings. The molecule has 0 fully saturated rings. The van der Waals surface area contributed by atoms with Gasteiger partial charge in [-0.2, -0.15) is 0 Å². The molecule has 0 aliphatic rings. The van der Waals surface area contributed by atoms with Gasteiger partial charge in [-0.05, 0) is 19.1 Å². The molecule has 4 nitrogen and oxygen atoms in total. The molecule has 0 spiro atoms. The Hall–Kier alpha value is -1.71. The average molecular weight is 194 g/mol. The number of hydrogen-bond acceptors (Lipinski definition) is 3. The molecule has 0 saturated heterocycles. The molecule has 0 aliphatic heterocycles. The largest absolute Gasteiger partial charge is 0.494 e. The highest BCUT2D eigenvalue weighted by atomic mass is 16.5. The third-order valence-electron chi connectivity index (χ3n) is 1.61. The van der Waals surface area contributed by atoms with E-state index in [1.807, 2.05) is 31.2 Å². The Labute approximate surface area is 83.1 Å². The van der Waals surface area contributed by atoms with Gasteiger partial charge in [-0.3, -0.25) is 4.79 Å². The topological polar surface area (TPSA) is 64.3 Å². The number of rotatable bonds is 5. The predicted octanol–water partition coefficient (Wildman–Crippen LogP) is 0.982. The predicted molar refractivity (Wildman–Crippen MR) is 55.3 cm³/mol. The maximum atomic E-state index is 10.5. The molecule has 0 aromatic heterocycles. The van der Waals surface area contributed by atoms with E-state index in [0.29, 0.717) is 6.61 Å². The number of primary amides is 1. The lowest BCUT2D eigenvalue weighted by atomic mass is 10.3. The van der Waals surface area contributed by atoms with Crippen LogP contribution >= 0.6 is 0 Å². The average Bonchev–Trinajstić information content (AvgIpc) is 2.16. The van der Waals surface area contributed by atoms with Crippen LogP contribution in [-0.4, -0.2) is 19.1 Å². The van der Waals surface area contributed by atoms with Crippen LogP contribution in [0.25, 0.3) is 0 Å². The monoisotopic (exact) mass is 194 g/mol. The van der Waals surface area contributed by atoms with Gasteiger partial charge in [-0.15, -0.1) is 0 Å². The molecule has 1 aromatic carbocycles. The Bertz CT molecular complexity index is 313. The van der Waals surface area contributed by atoms with E-state index in [4.69, 9.17) is 10.5 Å². The zero-order valence-corrected chi connectivity index (χ0v) is 8.12. The van der Waals surface area contributed by atoms with E-state index in [9.17, 15) is 4.79 Å². The molecule has 0 unspecified atom stereocenters. The zero-order chi connectivity index (χ0) is 10.4. The van der Waals surface area contributed by atoms with Crippen molar-refractivity contribution >= 4 is 11.6 Å². The summed E-state index contributed by atoms with van der Waals surface area (Å²) in [5.74, 6) is 0.397. The van der Waals surface area contributed by atoms with Gasteiger partial charge in [-0.25, -0.2) is 0 Å². The Kier molecular flexibility index (Phi) is 3.79. The molecule has 1 rings (SSSR count). The number of nitrogens with one attached hydrogen (secondary N) is 1. The van der Waals surface area contributed by atoms with Gasteiger partial charge < -0.3 is 15.8 Å². The summed E-state index contributed by atoms with van der Waals surface area (Å²) in [6.45, 7) is 2.68. The zero-order valence-electron chi connectivity index (χ0n) is 8.12. The first-order valence-corrected chi connectivity index (χ1v) is 4.47. The van der Waals surface area contributed by atoms with Crippen molar-refractivity contribution in [2.24, 2.45) is 5.73 Å². The van der Waals surface area contributed by atoms with E-state index in [0.717, 1.165) is 11.4 Å². The minimum absolute atomic E-state index is 0.135. The van der Waals surface area contributed by atoms with Crippen molar-refractivity contribution in [1.82, 2.24) is 0 Å². The highest BCUT2D eigenvalue weighted by Crippen LogP contribution is 2.16. The fraction of sp³-hybridized carbons (Fsp3) is 0.300. The van der Waals surface area contributed by atoms with E-state index in [1.165, 1.54) is 0 Å². The number of anilines is 1. The molecule has 1 amide bonds. The first kappa shape index (κ1) is 10.4. The molecular weight excluding hydrogens is 180 g/mol. The normalized spacial score (nSPS) is 9.50. The van der Waals surface area contributed by atoms with Crippen LogP contribution < -0.4 is 15.8 Å². The number of benzene rings is 1. The highest BCUT2D eigenvalue weighted by Gasteiger charge is 1.97. The number of amides is 1. The van der Waals surface area contributed by atoms with Crippen LogP contribution in [0.15, 0.2) is 24.3 Å². The van der Waals surface area contributed by atoms with Crippen LogP contribution in [0.3, 0.4) is 0 Å². The second kappa shape index (κ2) is 5.11. The van der Waals surface area contributed by atoms with Crippen molar-refractivity contribution < 1.29 is 9.53 Å². The fourth-order valence-electron chi connectivity index (χ4n) is 1.05. The third-order valence-corrected chi connectivity index (χ3v) is 1.61. The van der Waals surface area contributed by atoms with Crippen LogP contribution in [0.1, 0.15) is 6.92 Å². The Balaban J connectivity index is 2.58. The smallest absolute Gasteiger partial charge is 0.236 e. The lowest BCUT2D eigenvalue weighted by molar-refractivity contribution is -0.116. The summed E-state index contributed by atoms with van der Waals surface area (Å²) in [7, 11) is 0. The molecule has 0 heterocycles. The number of carbonyl (C=O) groups excluding carboxylic acids is 1. The number of carbonyl (C=O) groups is 1. The molecular formula is C10H14N2O2. The second-order valence-electron chi connectivity index (χ2n) is 2.78. The van der Waals surface area contributed by atoms with E-state index in [1.54, 1.807) is 0 Å². The van der Waals surface area contributed by atoms with Gasteiger partial charge in [0.05, 0.1) is 13.2 Å². The maximum Gasteiger partial charge on any atom is 0.236 e. The molecule has 76 valence electrons. The summed E-state index contributed by atoms with van der Waals surface area (Å²) in [6, 6.07) is 7.39. The Morgan fingerprint density at radius 1 is 1.57 bits per heavy atom. The summed E-state index contributed by atoms with van der Waals surface area (Å²) < 4.78 is 5.30. The van der Waals surface area contributed by atoms with Crippen LogP contribution in [0.2, 0.25) is 0 Å². The number of ether oxygens (including phenoxy) is 1. The van der Waals surface area contributed by atoms with Crippen LogP contribution in [0, 0.1) is 0 Å². The van der Waals surface area contributed by atoms with Gasteiger partial charge in [0, 0.05) is 11.8 Å². The van der Waals surface area contributed by atoms with Crippen LogP contribution in [0.4, 0.5) is 5.69 Å². The molecule has 4 heteroatoms. The summed E-state index contributed by atoms with van der Waals surface area (Å²) in [5, 5.41) is 2.89. The summed E-state index contributed by atoms with van der Waals surface area (Å²) in [6.07, 6.45) is 0. The van der Waals surface area contributed by atoms with E-state index < -0.39 is 0 Å². The standard InChI is InChI=1S/C10H14N2O2/c1-2-14-9-5-3-4-8(6-9)12-7-10(11)13/h3-6,12H,2,7H2,1H3,(H2,11,13). The van der Waals surface area contributed by atoms with E-state index in [2.05, 4.69) is 5.32 Å². The van der Waals surface area contributed by atoms with E-state index in [-0.39, 0.29) is 12.5 Å². The Morgan fingerprint density at radius 2 is 2.36 bits per heavy atom. The molecule has 3 N–H and O–H groups in total. The van der Waals surface area contributed by atoms with Crippen molar-refractivity contribution in [3.8, 4) is 5.75 Å². The Morgan fingerprint density at radius 3 is 3.00 bits per heavy atom. The van der Waals surface area contributed by atoms with Crippen LogP contribution in [-0.2, 0) is 4.79 Å². The summed E-state index contributed by atoms with van der Waals surface area (Å²) in [5.41, 5.74) is 5.83. The van der Waals surface area contributed by atoms with Gasteiger partial charge in [0.15, 0.2) is 0 Å². The van der Waals surface area contributed by atoms with E-state index >= 15 is 0 Å². The number of hydrogen-bond donors (Lipinski definition) is 2. The van der Waals surface area contributed by atoms with Crippen molar-refractivity contribution in [3.05, 3.63) is 24.3 Å². The van der Waals surface area contributed by atoms with Gasteiger partial charge in [0.1, 0.15) is 5.75 Å². The lowest BCUT2D eigenvalue weighted by Crippen LogP contribution is -2.21. The minimum atomic E-state index is -0.383. The third kappa shape index (κ3) is 3.35. The van der Waals surface area contributed by atoms with Gasteiger partial charge in [-0.1, -0.05) is 6.07 Å². The molecule has 0 radical (unpaired) electrons. The van der Waals surface area contributed by atoms with Crippen LogP contribution in [0.5, 0.6) is 5.75 Å². The van der Waals surface area contributed by atoms with Crippen molar-refractivity contribution in [3.63, 3.8) is 0 Å². The first-order valence-electron chi connectivity index (χ1n) is 4.47. The van der Waals surface area contributed by atoms with Gasteiger partial charge in [0.25, 0.3) is 0 Å². The van der Waals surface area contributed by atoms with Crippen molar-refractivity contribution in [2.75, 3.05) is 18.5 Å². The summed E-state index contributed by atoms with van der Waals surface area (Å²) >= 11 is 0. The van der Waals surface area contributed by atoms with Crippen molar-refractivity contribution in [1.29, 1.82) is 0 Å². The lowest BCUT2D eigenvalue weighted by Gasteiger charge is -2.06. The fourth-order valence-corrected chi connectivity index (χ4v) is 1.05.